The Kier molecular flexibility index (Phi) is 4.60. The van der Waals surface area contributed by atoms with Crippen LogP contribution in [-0.4, -0.2) is 27.9 Å². The van der Waals surface area contributed by atoms with E-state index >= 15 is 0 Å². The number of hydrogen-bond acceptors (Lipinski definition) is 4. The fourth-order valence-corrected chi connectivity index (χ4v) is 1.98. The topological polar surface area (TPSA) is 71.1 Å². The molecule has 0 amide bonds. The fraction of sp³-hybridized carbons (Fsp3) is 0.200. The van der Waals surface area contributed by atoms with Gasteiger partial charge in [-0.2, -0.15) is 18.4 Å². The number of aromatic nitrogens is 2. The van der Waals surface area contributed by atoms with Gasteiger partial charge in [0.25, 0.3) is 0 Å². The lowest BCUT2D eigenvalue weighted by Crippen LogP contribution is -2.18. The summed E-state index contributed by atoms with van der Waals surface area (Å²) in [7, 11) is 1.39. The first-order valence-corrected chi connectivity index (χ1v) is 6.41. The SMILES string of the molecule is COc1ccc(/C=C(/C#N)c2nccn2CC(F)(F)F)cc1O. The van der Waals surface area contributed by atoms with Crippen LogP contribution in [0.3, 0.4) is 0 Å². The smallest absolute Gasteiger partial charge is 0.406 e. The lowest BCUT2D eigenvalue weighted by molar-refractivity contribution is -0.140. The molecular weight excluding hydrogens is 311 g/mol. The molecule has 5 nitrogen and oxygen atoms in total. The van der Waals surface area contributed by atoms with Crippen LogP contribution in [0.25, 0.3) is 11.6 Å². The van der Waals surface area contributed by atoms with E-state index in [1.54, 1.807) is 6.07 Å². The maximum atomic E-state index is 12.5. The number of halogens is 3. The average Bonchev–Trinajstić information content (AvgIpc) is 2.90. The van der Waals surface area contributed by atoms with Gasteiger partial charge in [-0.3, -0.25) is 0 Å². The molecule has 0 aliphatic carbocycles. The van der Waals surface area contributed by atoms with E-state index in [0.29, 0.717) is 5.56 Å². The van der Waals surface area contributed by atoms with Crippen LogP contribution in [0.1, 0.15) is 11.4 Å². The van der Waals surface area contributed by atoms with Gasteiger partial charge in [0.05, 0.1) is 12.7 Å². The highest BCUT2D eigenvalue weighted by Gasteiger charge is 2.29. The highest BCUT2D eigenvalue weighted by molar-refractivity contribution is 5.87. The lowest BCUT2D eigenvalue weighted by Gasteiger charge is -2.10. The molecule has 1 aromatic carbocycles. The lowest BCUT2D eigenvalue weighted by atomic mass is 10.1. The summed E-state index contributed by atoms with van der Waals surface area (Å²) in [5.74, 6) is 0.0107. The third-order valence-electron chi connectivity index (χ3n) is 2.94. The molecule has 23 heavy (non-hydrogen) atoms. The normalized spacial score (nSPS) is 12.0. The van der Waals surface area contributed by atoms with Crippen LogP contribution >= 0.6 is 0 Å². The van der Waals surface area contributed by atoms with Crippen LogP contribution in [0.15, 0.2) is 30.6 Å². The summed E-state index contributed by atoms with van der Waals surface area (Å²) in [6.45, 7) is -1.24. The molecular formula is C15H12F3N3O2. The number of aromatic hydroxyl groups is 1. The number of benzene rings is 1. The van der Waals surface area contributed by atoms with E-state index in [2.05, 4.69) is 4.98 Å². The Hall–Kier alpha value is -2.95. The van der Waals surface area contributed by atoms with Gasteiger partial charge in [-0.1, -0.05) is 6.07 Å². The second-order valence-electron chi connectivity index (χ2n) is 4.60. The van der Waals surface area contributed by atoms with Crippen LogP contribution in [0, 0.1) is 11.3 Å². The molecule has 0 spiro atoms. The molecule has 0 aliphatic heterocycles. The third kappa shape index (κ3) is 4.03. The van der Waals surface area contributed by atoms with E-state index < -0.39 is 12.7 Å². The van der Waals surface area contributed by atoms with Gasteiger partial charge in [-0.15, -0.1) is 0 Å². The van der Waals surface area contributed by atoms with Crippen molar-refractivity contribution < 1.29 is 23.0 Å². The Labute approximate surface area is 129 Å². The zero-order chi connectivity index (χ0) is 17.0. The Bertz CT molecular complexity index is 773. The third-order valence-corrected chi connectivity index (χ3v) is 2.94. The Balaban J connectivity index is 2.39. The number of rotatable bonds is 4. The molecule has 2 rings (SSSR count). The molecule has 0 fully saturated rings. The van der Waals surface area contributed by atoms with Crippen molar-refractivity contribution in [1.29, 1.82) is 5.26 Å². The van der Waals surface area contributed by atoms with Crippen molar-refractivity contribution in [2.45, 2.75) is 12.7 Å². The number of nitriles is 1. The van der Waals surface area contributed by atoms with Crippen molar-refractivity contribution in [2.24, 2.45) is 0 Å². The molecule has 0 unspecified atom stereocenters. The number of phenols is 1. The summed E-state index contributed by atoms with van der Waals surface area (Å²) in [4.78, 5) is 3.81. The molecule has 1 heterocycles. The van der Waals surface area contributed by atoms with Crippen molar-refractivity contribution in [3.63, 3.8) is 0 Å². The minimum Gasteiger partial charge on any atom is -0.504 e. The molecule has 0 saturated carbocycles. The van der Waals surface area contributed by atoms with Gasteiger partial charge < -0.3 is 14.4 Å². The van der Waals surface area contributed by atoms with Crippen LogP contribution < -0.4 is 4.74 Å². The average molecular weight is 323 g/mol. The molecule has 8 heteroatoms. The van der Waals surface area contributed by atoms with Gasteiger partial charge in [0, 0.05) is 12.4 Å². The summed E-state index contributed by atoms with van der Waals surface area (Å²) in [5.41, 5.74) is 0.380. The highest BCUT2D eigenvalue weighted by Crippen LogP contribution is 2.28. The number of ether oxygens (including phenoxy) is 1. The maximum absolute atomic E-state index is 12.5. The van der Waals surface area contributed by atoms with Gasteiger partial charge in [0.15, 0.2) is 17.3 Å². The van der Waals surface area contributed by atoms with Crippen molar-refractivity contribution in [2.75, 3.05) is 7.11 Å². The van der Waals surface area contributed by atoms with Crippen LogP contribution in [0.4, 0.5) is 13.2 Å². The van der Waals surface area contributed by atoms with E-state index in [-0.39, 0.29) is 22.9 Å². The van der Waals surface area contributed by atoms with Gasteiger partial charge in [0.1, 0.15) is 12.6 Å². The molecule has 1 N–H and O–H groups in total. The zero-order valence-electron chi connectivity index (χ0n) is 12.0. The monoisotopic (exact) mass is 323 g/mol. The molecule has 0 aliphatic rings. The second kappa shape index (κ2) is 6.44. The quantitative estimate of drug-likeness (QED) is 0.877. The predicted molar refractivity (Wildman–Crippen MR) is 76.4 cm³/mol. The van der Waals surface area contributed by atoms with Crippen molar-refractivity contribution in [3.05, 3.63) is 42.0 Å². The zero-order valence-corrected chi connectivity index (χ0v) is 12.0. The van der Waals surface area contributed by atoms with E-state index in [4.69, 9.17) is 4.74 Å². The van der Waals surface area contributed by atoms with Gasteiger partial charge in [0.2, 0.25) is 0 Å². The molecule has 1 aromatic heterocycles. The molecule has 0 bridgehead atoms. The largest absolute Gasteiger partial charge is 0.504 e. The molecule has 120 valence electrons. The van der Waals surface area contributed by atoms with E-state index in [1.807, 2.05) is 6.07 Å². The summed E-state index contributed by atoms with van der Waals surface area (Å²) in [5, 5.41) is 18.9. The number of methoxy groups -OCH3 is 1. The number of alkyl halides is 3. The molecule has 0 atom stereocenters. The molecule has 2 aromatic rings. The van der Waals surface area contributed by atoms with E-state index in [1.165, 1.54) is 31.5 Å². The molecule has 0 radical (unpaired) electrons. The number of hydrogen-bond donors (Lipinski definition) is 1. The van der Waals surface area contributed by atoms with Crippen LogP contribution in [0.5, 0.6) is 11.5 Å². The van der Waals surface area contributed by atoms with Crippen LogP contribution in [0.2, 0.25) is 0 Å². The Morgan fingerprint density at radius 2 is 2.22 bits per heavy atom. The second-order valence-corrected chi connectivity index (χ2v) is 4.60. The van der Waals surface area contributed by atoms with Gasteiger partial charge in [-0.25, -0.2) is 4.98 Å². The first kappa shape index (κ1) is 16.4. The highest BCUT2D eigenvalue weighted by atomic mass is 19.4. The Morgan fingerprint density at radius 3 is 2.78 bits per heavy atom. The number of phenolic OH excluding ortho intramolecular Hbond substituents is 1. The van der Waals surface area contributed by atoms with Gasteiger partial charge >= 0.3 is 6.18 Å². The predicted octanol–water partition coefficient (Wildman–Crippen LogP) is 3.22. The number of imidazole rings is 1. The summed E-state index contributed by atoms with van der Waals surface area (Å²) >= 11 is 0. The van der Waals surface area contributed by atoms with Crippen molar-refractivity contribution in [3.8, 4) is 17.6 Å². The first-order valence-electron chi connectivity index (χ1n) is 6.41. The fourth-order valence-electron chi connectivity index (χ4n) is 1.98. The molecule has 0 saturated heterocycles. The number of allylic oxidation sites excluding steroid dienone is 1. The standard InChI is InChI=1S/C15H12F3N3O2/c1-23-13-3-2-10(7-12(13)22)6-11(8-19)14-20-4-5-21(14)9-15(16,17)18/h2-7,22H,9H2,1H3/b11-6-. The summed E-state index contributed by atoms with van der Waals surface area (Å²) in [6, 6.07) is 6.21. The Morgan fingerprint density at radius 1 is 1.48 bits per heavy atom. The van der Waals surface area contributed by atoms with E-state index in [0.717, 1.165) is 10.8 Å². The first-order chi connectivity index (χ1) is 10.8. The van der Waals surface area contributed by atoms with Crippen LogP contribution in [-0.2, 0) is 6.54 Å². The van der Waals surface area contributed by atoms with Crippen molar-refractivity contribution in [1.82, 2.24) is 9.55 Å². The van der Waals surface area contributed by atoms with Crippen molar-refractivity contribution >= 4 is 11.6 Å². The number of nitrogens with zero attached hydrogens (tertiary/aromatic N) is 3. The maximum Gasteiger partial charge on any atom is 0.406 e. The van der Waals surface area contributed by atoms with Gasteiger partial charge in [-0.05, 0) is 23.8 Å². The minimum atomic E-state index is -4.42. The summed E-state index contributed by atoms with van der Waals surface area (Å²) in [6.07, 6.45) is -0.736. The minimum absolute atomic E-state index is 0.0520. The van der Waals surface area contributed by atoms with E-state index in [9.17, 15) is 23.5 Å². The summed E-state index contributed by atoms with van der Waals surface area (Å²) < 4.78 is 43.3.